The van der Waals surface area contributed by atoms with Gasteiger partial charge >= 0.3 is 0 Å². The molecule has 0 spiro atoms. The second-order valence-corrected chi connectivity index (χ2v) is 8.20. The summed E-state index contributed by atoms with van der Waals surface area (Å²) in [5.74, 6) is 0.783. The zero-order valence-corrected chi connectivity index (χ0v) is 19.0. The van der Waals surface area contributed by atoms with Gasteiger partial charge in [0, 0.05) is 26.4 Å². The maximum Gasteiger partial charge on any atom is 0.190 e. The number of nitrogens with zero attached hydrogens (tertiary/aromatic N) is 1. The van der Waals surface area contributed by atoms with Gasteiger partial charge in [0.1, 0.15) is 0 Å². The molecule has 0 aliphatic carbocycles. The molecule has 2 aromatic carbocycles. The molecule has 2 aromatic rings. The molecule has 0 saturated heterocycles. The number of sulfone groups is 1. The highest BCUT2D eigenvalue weighted by Gasteiger charge is 2.06. The Hall–Kier alpha value is -1.61. The molecule has 0 aromatic heterocycles. The summed E-state index contributed by atoms with van der Waals surface area (Å²) in [6.07, 6.45) is 4.10. The van der Waals surface area contributed by atoms with Gasteiger partial charge < -0.3 is 10.6 Å². The summed E-state index contributed by atoms with van der Waals surface area (Å²) < 4.78 is 22.9. The van der Waals surface area contributed by atoms with Crippen LogP contribution < -0.4 is 10.6 Å². The molecular formula is C20H28IN3O2S. The predicted octanol–water partition coefficient (Wildman–Crippen LogP) is 3.05. The van der Waals surface area contributed by atoms with Crippen LogP contribution in [-0.4, -0.2) is 40.8 Å². The Kier molecular flexibility index (Phi) is 10.4. The SMILES string of the molecule is CN=C(NCCCc1ccccc1)NCCc1ccc(S(C)(=O)=O)cc1.I. The first kappa shape index (κ1) is 23.4. The highest BCUT2D eigenvalue weighted by Crippen LogP contribution is 2.10. The lowest BCUT2D eigenvalue weighted by atomic mass is 10.1. The van der Waals surface area contributed by atoms with Crippen LogP contribution in [0.3, 0.4) is 0 Å². The Bertz CT molecular complexity index is 807. The number of aryl methyl sites for hydroxylation is 1. The van der Waals surface area contributed by atoms with Crippen molar-refractivity contribution in [3.63, 3.8) is 0 Å². The van der Waals surface area contributed by atoms with Gasteiger partial charge in [0.25, 0.3) is 0 Å². The van der Waals surface area contributed by atoms with E-state index < -0.39 is 9.84 Å². The average Bonchev–Trinajstić information content (AvgIpc) is 2.64. The summed E-state index contributed by atoms with van der Waals surface area (Å²) in [5.41, 5.74) is 2.43. The zero-order valence-electron chi connectivity index (χ0n) is 15.8. The van der Waals surface area contributed by atoms with Crippen LogP contribution in [0.5, 0.6) is 0 Å². The van der Waals surface area contributed by atoms with Crippen LogP contribution in [0.1, 0.15) is 17.5 Å². The highest BCUT2D eigenvalue weighted by atomic mass is 127. The van der Waals surface area contributed by atoms with E-state index in [2.05, 4.69) is 39.9 Å². The lowest BCUT2D eigenvalue weighted by molar-refractivity contribution is 0.602. The minimum atomic E-state index is -3.14. The van der Waals surface area contributed by atoms with Crippen LogP contribution in [0.25, 0.3) is 0 Å². The van der Waals surface area contributed by atoms with Crippen molar-refractivity contribution in [2.45, 2.75) is 24.2 Å². The molecule has 0 aliphatic heterocycles. The zero-order chi connectivity index (χ0) is 18.8. The first-order chi connectivity index (χ1) is 12.5. The molecule has 5 nitrogen and oxygen atoms in total. The summed E-state index contributed by atoms with van der Waals surface area (Å²) in [6.45, 7) is 1.59. The lowest BCUT2D eigenvalue weighted by Gasteiger charge is -2.12. The van der Waals surface area contributed by atoms with Crippen LogP contribution in [0.4, 0.5) is 0 Å². The van der Waals surface area contributed by atoms with E-state index in [-0.39, 0.29) is 24.0 Å². The lowest BCUT2D eigenvalue weighted by Crippen LogP contribution is -2.38. The molecule has 0 unspecified atom stereocenters. The van der Waals surface area contributed by atoms with Crippen molar-refractivity contribution in [1.82, 2.24) is 10.6 Å². The first-order valence-corrected chi connectivity index (χ1v) is 10.7. The highest BCUT2D eigenvalue weighted by molar-refractivity contribution is 14.0. The molecule has 2 N–H and O–H groups in total. The Morgan fingerprint density at radius 1 is 0.889 bits per heavy atom. The molecule has 0 saturated carbocycles. The third-order valence-electron chi connectivity index (χ3n) is 4.06. The van der Waals surface area contributed by atoms with Gasteiger partial charge in [-0.15, -0.1) is 24.0 Å². The van der Waals surface area contributed by atoms with E-state index in [0.29, 0.717) is 4.90 Å². The molecule has 0 bridgehead atoms. The fraction of sp³-hybridized carbons (Fsp3) is 0.350. The molecule has 148 valence electrons. The normalized spacial score (nSPS) is 11.6. The van der Waals surface area contributed by atoms with Gasteiger partial charge in [0.2, 0.25) is 0 Å². The molecule has 0 radical (unpaired) electrons. The van der Waals surface area contributed by atoms with Crippen molar-refractivity contribution in [3.05, 3.63) is 65.7 Å². The van der Waals surface area contributed by atoms with Crippen LogP contribution in [-0.2, 0) is 22.7 Å². The maximum absolute atomic E-state index is 11.5. The van der Waals surface area contributed by atoms with Gasteiger partial charge in [0.05, 0.1) is 4.90 Å². The topological polar surface area (TPSA) is 70.6 Å². The smallest absolute Gasteiger partial charge is 0.190 e. The average molecular weight is 501 g/mol. The van der Waals surface area contributed by atoms with Crippen LogP contribution in [0.2, 0.25) is 0 Å². The largest absolute Gasteiger partial charge is 0.356 e. The summed E-state index contributed by atoms with van der Waals surface area (Å²) in [4.78, 5) is 4.58. The predicted molar refractivity (Wildman–Crippen MR) is 123 cm³/mol. The van der Waals surface area contributed by atoms with E-state index in [1.54, 1.807) is 19.2 Å². The van der Waals surface area contributed by atoms with Crippen LogP contribution in [0.15, 0.2) is 64.5 Å². The maximum atomic E-state index is 11.5. The summed E-state index contributed by atoms with van der Waals surface area (Å²) >= 11 is 0. The fourth-order valence-corrected chi connectivity index (χ4v) is 3.22. The molecule has 7 heteroatoms. The summed E-state index contributed by atoms with van der Waals surface area (Å²) in [7, 11) is -1.38. The van der Waals surface area contributed by atoms with E-state index in [4.69, 9.17) is 0 Å². The van der Waals surface area contributed by atoms with Gasteiger partial charge in [-0.1, -0.05) is 42.5 Å². The van der Waals surface area contributed by atoms with Crippen molar-refractivity contribution in [2.75, 3.05) is 26.4 Å². The van der Waals surface area contributed by atoms with Crippen molar-refractivity contribution >= 4 is 39.8 Å². The standard InChI is InChI=1S/C20H27N3O2S.HI/c1-21-20(22-15-6-9-17-7-4-3-5-8-17)23-16-14-18-10-12-19(13-11-18)26(2,24)25;/h3-5,7-8,10-13H,6,9,14-16H2,1-2H3,(H2,21,22,23);1H. The number of hydrogen-bond donors (Lipinski definition) is 2. The van der Waals surface area contributed by atoms with Gasteiger partial charge in [-0.25, -0.2) is 8.42 Å². The molecule has 0 heterocycles. The van der Waals surface area contributed by atoms with E-state index in [1.165, 1.54) is 11.8 Å². The third kappa shape index (κ3) is 8.75. The monoisotopic (exact) mass is 501 g/mol. The van der Waals surface area contributed by atoms with Crippen molar-refractivity contribution in [2.24, 2.45) is 4.99 Å². The van der Waals surface area contributed by atoms with Crippen LogP contribution in [0, 0.1) is 0 Å². The van der Waals surface area contributed by atoms with Gasteiger partial charge in [-0.2, -0.15) is 0 Å². The second kappa shape index (κ2) is 12.0. The first-order valence-electron chi connectivity index (χ1n) is 8.76. The van der Waals surface area contributed by atoms with E-state index in [1.807, 2.05) is 18.2 Å². The number of hydrogen-bond acceptors (Lipinski definition) is 3. The molecule has 0 amide bonds. The van der Waals surface area contributed by atoms with Gasteiger partial charge in [-0.05, 0) is 42.5 Å². The van der Waals surface area contributed by atoms with E-state index in [0.717, 1.165) is 43.9 Å². The van der Waals surface area contributed by atoms with Gasteiger partial charge in [0.15, 0.2) is 15.8 Å². The molecule has 0 atom stereocenters. The van der Waals surface area contributed by atoms with Crippen molar-refractivity contribution < 1.29 is 8.42 Å². The van der Waals surface area contributed by atoms with E-state index in [9.17, 15) is 8.42 Å². The summed E-state index contributed by atoms with van der Waals surface area (Å²) in [6, 6.07) is 17.5. The molecule has 0 aliphatic rings. The number of nitrogens with one attached hydrogen (secondary N) is 2. The fourth-order valence-electron chi connectivity index (χ4n) is 2.59. The van der Waals surface area contributed by atoms with E-state index >= 15 is 0 Å². The number of aliphatic imine (C=N–C) groups is 1. The molecular weight excluding hydrogens is 473 g/mol. The number of halogens is 1. The quantitative estimate of drug-likeness (QED) is 0.253. The minimum absolute atomic E-state index is 0. The number of guanidine groups is 1. The van der Waals surface area contributed by atoms with Crippen molar-refractivity contribution in [1.29, 1.82) is 0 Å². The van der Waals surface area contributed by atoms with Crippen LogP contribution >= 0.6 is 24.0 Å². The third-order valence-corrected chi connectivity index (χ3v) is 5.19. The van der Waals surface area contributed by atoms with Gasteiger partial charge in [-0.3, -0.25) is 4.99 Å². The second-order valence-electron chi connectivity index (χ2n) is 6.18. The minimum Gasteiger partial charge on any atom is -0.356 e. The number of rotatable bonds is 8. The Morgan fingerprint density at radius 2 is 1.48 bits per heavy atom. The summed E-state index contributed by atoms with van der Waals surface area (Å²) in [5, 5.41) is 6.60. The molecule has 2 rings (SSSR count). The molecule has 0 fully saturated rings. The Morgan fingerprint density at radius 3 is 2.07 bits per heavy atom. The Labute approximate surface area is 179 Å². The van der Waals surface area contributed by atoms with Crippen molar-refractivity contribution in [3.8, 4) is 0 Å². The number of benzene rings is 2. The molecule has 27 heavy (non-hydrogen) atoms. The Balaban J connectivity index is 0.00000364.